The van der Waals surface area contributed by atoms with Crippen molar-refractivity contribution in [2.24, 2.45) is 11.8 Å². The molecule has 3 N–H and O–H groups in total. The second-order valence-corrected chi connectivity index (χ2v) is 9.87. The third-order valence-corrected chi connectivity index (χ3v) is 6.02. The van der Waals surface area contributed by atoms with E-state index in [1.165, 1.54) is 11.6 Å². The van der Waals surface area contributed by atoms with Crippen molar-refractivity contribution in [2.45, 2.75) is 46.1 Å². The van der Waals surface area contributed by atoms with E-state index in [0.717, 1.165) is 5.69 Å². The molecule has 0 amide bonds. The van der Waals surface area contributed by atoms with Gasteiger partial charge in [0.25, 0.3) is 0 Å². The molecule has 0 bridgehead atoms. The predicted octanol–water partition coefficient (Wildman–Crippen LogP) is 6.17. The number of hydrogen-bond acceptors (Lipinski definition) is 5. The lowest BCUT2D eigenvalue weighted by atomic mass is 9.70. The highest BCUT2D eigenvalue weighted by atomic mass is 16.3. The van der Waals surface area contributed by atoms with Crippen LogP contribution in [0.25, 0.3) is 0 Å². The van der Waals surface area contributed by atoms with Crippen LogP contribution in [-0.4, -0.2) is 22.7 Å². The van der Waals surface area contributed by atoms with Crippen molar-refractivity contribution in [3.05, 3.63) is 77.1 Å². The minimum absolute atomic E-state index is 0.0393. The number of aliphatic hydroxyl groups excluding tert-OH is 1. The number of fused-ring (bicyclic) bond motifs is 2. The van der Waals surface area contributed by atoms with E-state index in [1.54, 1.807) is 12.2 Å². The second kappa shape index (κ2) is 7.97. The molecule has 2 aromatic rings. The fraction of sp³-hybridized carbons (Fsp3) is 0.333. The summed E-state index contributed by atoms with van der Waals surface area (Å²) in [7, 11) is 0. The van der Waals surface area contributed by atoms with Crippen molar-refractivity contribution in [2.75, 3.05) is 10.6 Å². The zero-order valence-corrected chi connectivity index (χ0v) is 19.2. The number of aliphatic hydroxyl groups is 1. The number of allylic oxidation sites excluding steroid dienone is 4. The normalized spacial score (nSPS) is 20.0. The van der Waals surface area contributed by atoms with Crippen LogP contribution in [0.5, 0.6) is 0 Å². The van der Waals surface area contributed by atoms with Crippen LogP contribution in [0, 0.1) is 11.8 Å². The summed E-state index contributed by atoms with van der Waals surface area (Å²) in [6, 6.07) is 11.8. The molecule has 5 nitrogen and oxygen atoms in total. The molecule has 0 spiro atoms. The zero-order chi connectivity index (χ0) is 23.2. The fourth-order valence-corrected chi connectivity index (χ4v) is 4.39. The van der Waals surface area contributed by atoms with E-state index in [4.69, 9.17) is 0 Å². The molecule has 2 unspecified atom stereocenters. The van der Waals surface area contributed by atoms with Crippen LogP contribution in [0.2, 0.25) is 0 Å². The average molecular weight is 431 g/mol. The Labute approximate surface area is 189 Å². The van der Waals surface area contributed by atoms with Crippen LogP contribution < -0.4 is 10.6 Å². The number of hydrogen-bond donors (Lipinski definition) is 3. The van der Waals surface area contributed by atoms with Gasteiger partial charge in [0.05, 0.1) is 28.7 Å². The first-order chi connectivity index (χ1) is 15.1. The third kappa shape index (κ3) is 3.83. The van der Waals surface area contributed by atoms with Gasteiger partial charge in [-0.25, -0.2) is 0 Å². The van der Waals surface area contributed by atoms with Crippen molar-refractivity contribution >= 4 is 28.6 Å². The Bertz CT molecular complexity index is 1130. The lowest BCUT2D eigenvalue weighted by Crippen LogP contribution is -2.39. The molecule has 5 heteroatoms. The van der Waals surface area contributed by atoms with Crippen molar-refractivity contribution in [3.8, 4) is 0 Å². The molecule has 0 heterocycles. The molecule has 4 rings (SSSR count). The van der Waals surface area contributed by atoms with Gasteiger partial charge in [-0.1, -0.05) is 45.1 Å². The topological polar surface area (TPSA) is 78.4 Å². The average Bonchev–Trinajstić information content (AvgIpc) is 2.72. The number of ketones is 2. The Balaban J connectivity index is 1.81. The predicted molar refractivity (Wildman–Crippen MR) is 129 cm³/mol. The SMILES string of the molecule is CC(C)Nc1ccc(Nc2ccc(C(C)(C)C)cc2)c2c1C(=O)C1C=CC=C(O)C1C2=O. The van der Waals surface area contributed by atoms with Crippen LogP contribution in [0.4, 0.5) is 17.1 Å². The number of carbonyl (C=O) groups is 2. The summed E-state index contributed by atoms with van der Waals surface area (Å²) in [5, 5.41) is 17.1. The Morgan fingerprint density at radius 2 is 1.53 bits per heavy atom. The van der Waals surface area contributed by atoms with Crippen LogP contribution in [0.15, 0.2) is 60.4 Å². The molecular formula is C27H30N2O3. The Kier molecular flexibility index (Phi) is 5.45. The van der Waals surface area contributed by atoms with Gasteiger partial charge in [-0.2, -0.15) is 0 Å². The van der Waals surface area contributed by atoms with Crippen LogP contribution in [0.3, 0.4) is 0 Å². The molecule has 2 aliphatic rings. The van der Waals surface area contributed by atoms with E-state index >= 15 is 0 Å². The number of Topliss-reactive ketones (excluding diaryl/α,β-unsaturated/α-hetero) is 2. The van der Waals surface area contributed by atoms with Gasteiger partial charge in [0.1, 0.15) is 5.76 Å². The van der Waals surface area contributed by atoms with E-state index in [2.05, 4.69) is 43.5 Å². The molecule has 0 fully saturated rings. The van der Waals surface area contributed by atoms with Gasteiger partial charge >= 0.3 is 0 Å². The number of rotatable bonds is 4. The Morgan fingerprint density at radius 3 is 2.16 bits per heavy atom. The largest absolute Gasteiger partial charge is 0.512 e. The summed E-state index contributed by atoms with van der Waals surface area (Å²) in [6.07, 6.45) is 4.84. The maximum atomic E-state index is 13.6. The number of anilines is 3. The second-order valence-electron chi connectivity index (χ2n) is 9.87. The molecule has 2 atom stereocenters. The van der Waals surface area contributed by atoms with Gasteiger partial charge in [-0.15, -0.1) is 0 Å². The maximum absolute atomic E-state index is 13.6. The molecule has 0 aliphatic heterocycles. The van der Waals surface area contributed by atoms with Crippen LogP contribution in [-0.2, 0) is 5.41 Å². The maximum Gasteiger partial charge on any atom is 0.177 e. The highest BCUT2D eigenvalue weighted by Crippen LogP contribution is 2.43. The molecule has 2 aromatic carbocycles. The van der Waals surface area contributed by atoms with E-state index in [-0.39, 0.29) is 28.8 Å². The molecule has 32 heavy (non-hydrogen) atoms. The van der Waals surface area contributed by atoms with Gasteiger partial charge in [-0.05, 0) is 55.2 Å². The van der Waals surface area contributed by atoms with E-state index in [0.29, 0.717) is 22.5 Å². The van der Waals surface area contributed by atoms with E-state index < -0.39 is 11.8 Å². The van der Waals surface area contributed by atoms with Crippen LogP contribution >= 0.6 is 0 Å². The van der Waals surface area contributed by atoms with Crippen molar-refractivity contribution in [1.29, 1.82) is 0 Å². The molecule has 0 radical (unpaired) electrons. The number of nitrogens with one attached hydrogen (secondary N) is 2. The molecule has 0 saturated heterocycles. The summed E-state index contributed by atoms with van der Waals surface area (Å²) < 4.78 is 0. The third-order valence-electron chi connectivity index (χ3n) is 6.02. The van der Waals surface area contributed by atoms with E-state index in [9.17, 15) is 14.7 Å². The molecule has 166 valence electrons. The Morgan fingerprint density at radius 1 is 0.906 bits per heavy atom. The lowest BCUT2D eigenvalue weighted by Gasteiger charge is -2.33. The van der Waals surface area contributed by atoms with Crippen molar-refractivity contribution in [1.82, 2.24) is 0 Å². The lowest BCUT2D eigenvalue weighted by molar-refractivity contribution is 0.0760. The standard InChI is InChI=1S/C27H30N2O3/c1-15(2)28-19-13-14-20(29-17-11-9-16(10-12-17)27(3,4)5)24-23(19)25(31)18-7-6-8-21(30)22(18)26(24)32/h6-15,18,22,28-30H,1-5H3. The van der Waals surface area contributed by atoms with Crippen molar-refractivity contribution in [3.63, 3.8) is 0 Å². The monoisotopic (exact) mass is 430 g/mol. The smallest absolute Gasteiger partial charge is 0.177 e. The Hall–Kier alpha value is -3.34. The van der Waals surface area contributed by atoms with Gasteiger partial charge in [-0.3, -0.25) is 9.59 Å². The zero-order valence-electron chi connectivity index (χ0n) is 19.2. The first kappa shape index (κ1) is 21.9. The van der Waals surface area contributed by atoms with E-state index in [1.807, 2.05) is 38.1 Å². The van der Waals surface area contributed by atoms with Gasteiger partial charge < -0.3 is 15.7 Å². The van der Waals surface area contributed by atoms with Gasteiger partial charge in [0, 0.05) is 17.4 Å². The fourth-order valence-electron chi connectivity index (χ4n) is 4.39. The minimum Gasteiger partial charge on any atom is -0.512 e. The highest BCUT2D eigenvalue weighted by Gasteiger charge is 2.45. The number of carbonyl (C=O) groups excluding carboxylic acids is 2. The molecule has 0 aromatic heterocycles. The number of benzene rings is 2. The summed E-state index contributed by atoms with van der Waals surface area (Å²) in [4.78, 5) is 27.1. The van der Waals surface area contributed by atoms with Crippen LogP contribution in [0.1, 0.15) is 60.9 Å². The quantitative estimate of drug-likeness (QED) is 0.540. The van der Waals surface area contributed by atoms with Crippen molar-refractivity contribution < 1.29 is 14.7 Å². The molecule has 2 aliphatic carbocycles. The summed E-state index contributed by atoms with van der Waals surface area (Å²) in [6.45, 7) is 10.5. The minimum atomic E-state index is -0.877. The first-order valence-corrected chi connectivity index (χ1v) is 11.0. The summed E-state index contributed by atoms with van der Waals surface area (Å²) >= 11 is 0. The van der Waals surface area contributed by atoms with Gasteiger partial charge in [0.15, 0.2) is 11.6 Å². The highest BCUT2D eigenvalue weighted by molar-refractivity contribution is 6.22. The summed E-state index contributed by atoms with van der Waals surface area (Å²) in [5.41, 5.74) is 4.00. The first-order valence-electron chi connectivity index (χ1n) is 11.0. The molecule has 0 saturated carbocycles. The summed E-state index contributed by atoms with van der Waals surface area (Å²) in [5.74, 6) is -2.03. The van der Waals surface area contributed by atoms with Gasteiger partial charge in [0.2, 0.25) is 0 Å². The molecular weight excluding hydrogens is 400 g/mol.